The van der Waals surface area contributed by atoms with Crippen LogP contribution in [0.1, 0.15) is 39.0 Å². The minimum Gasteiger partial charge on any atom is -0.481 e. The lowest BCUT2D eigenvalue weighted by atomic mass is 9.94. The highest BCUT2D eigenvalue weighted by molar-refractivity contribution is 5.85. The van der Waals surface area contributed by atoms with E-state index in [9.17, 15) is 22.8 Å². The topological polar surface area (TPSA) is 57.6 Å². The van der Waals surface area contributed by atoms with Crippen LogP contribution in [0.2, 0.25) is 0 Å². The lowest BCUT2D eigenvalue weighted by Crippen LogP contribution is -2.49. The molecule has 2 aliphatic carbocycles. The Hall–Kier alpha value is -1.27. The first kappa shape index (κ1) is 16.1. The zero-order chi connectivity index (χ0) is 15.8. The predicted molar refractivity (Wildman–Crippen MR) is 68.4 cm³/mol. The number of carboxylic acid groups (broad SMARTS) is 1. The van der Waals surface area contributed by atoms with E-state index in [0.29, 0.717) is 19.3 Å². The summed E-state index contributed by atoms with van der Waals surface area (Å²) in [7, 11) is 0. The predicted octanol–water partition coefficient (Wildman–Crippen LogP) is 2.68. The lowest BCUT2D eigenvalue weighted by molar-refractivity contribution is -0.170. The summed E-state index contributed by atoms with van der Waals surface area (Å²) in [4.78, 5) is 24.5. The fraction of sp³-hybridized carbons (Fsp3) is 0.857. The standard InChI is InChI=1S/C14H20F3NO3/c1-8(9-5-6-9)18(7-14(15,16)17)12(19)10-3-2-4-11(10)13(20)21/h8-11H,2-7H2,1H3,(H,20,21). The van der Waals surface area contributed by atoms with Crippen molar-refractivity contribution in [2.75, 3.05) is 6.54 Å². The monoisotopic (exact) mass is 307 g/mol. The van der Waals surface area contributed by atoms with E-state index in [1.165, 1.54) is 0 Å². The molecule has 0 heterocycles. The molecule has 0 radical (unpaired) electrons. The summed E-state index contributed by atoms with van der Waals surface area (Å²) in [6, 6.07) is -0.478. The molecule has 2 fully saturated rings. The summed E-state index contributed by atoms with van der Waals surface area (Å²) in [5.41, 5.74) is 0. The maximum absolute atomic E-state index is 12.7. The molecule has 3 unspecified atom stereocenters. The second kappa shape index (κ2) is 5.85. The van der Waals surface area contributed by atoms with Gasteiger partial charge in [-0.1, -0.05) is 6.42 Å². The summed E-state index contributed by atoms with van der Waals surface area (Å²) in [5.74, 6) is -3.28. The molecule has 120 valence electrons. The first-order chi connectivity index (χ1) is 9.70. The van der Waals surface area contributed by atoms with Crippen molar-refractivity contribution in [1.29, 1.82) is 0 Å². The van der Waals surface area contributed by atoms with Crippen molar-refractivity contribution in [3.05, 3.63) is 0 Å². The zero-order valence-corrected chi connectivity index (χ0v) is 11.9. The highest BCUT2D eigenvalue weighted by atomic mass is 19.4. The summed E-state index contributed by atoms with van der Waals surface area (Å²) in [6.07, 6.45) is -1.50. The van der Waals surface area contributed by atoms with E-state index in [-0.39, 0.29) is 5.92 Å². The van der Waals surface area contributed by atoms with Crippen molar-refractivity contribution < 1.29 is 27.9 Å². The molecule has 1 amide bonds. The van der Waals surface area contributed by atoms with E-state index >= 15 is 0 Å². The Morgan fingerprint density at radius 2 is 1.76 bits per heavy atom. The van der Waals surface area contributed by atoms with E-state index in [1.54, 1.807) is 6.92 Å². The molecule has 0 spiro atoms. The summed E-state index contributed by atoms with van der Waals surface area (Å²) in [6.45, 7) is 0.346. The second-order valence-electron chi connectivity index (χ2n) is 6.14. The molecule has 0 aromatic rings. The van der Waals surface area contributed by atoms with Crippen LogP contribution in [0.25, 0.3) is 0 Å². The van der Waals surface area contributed by atoms with Gasteiger partial charge in [-0.15, -0.1) is 0 Å². The van der Waals surface area contributed by atoms with Gasteiger partial charge in [0.15, 0.2) is 0 Å². The molecule has 2 rings (SSSR count). The van der Waals surface area contributed by atoms with Crippen molar-refractivity contribution in [2.45, 2.75) is 51.2 Å². The molecule has 0 aromatic carbocycles. The van der Waals surface area contributed by atoms with Crippen molar-refractivity contribution >= 4 is 11.9 Å². The van der Waals surface area contributed by atoms with Crippen LogP contribution in [0, 0.1) is 17.8 Å². The molecule has 0 aliphatic heterocycles. The van der Waals surface area contributed by atoms with Gasteiger partial charge in [-0.3, -0.25) is 9.59 Å². The number of halogens is 3. The Bertz CT molecular complexity index is 420. The van der Waals surface area contributed by atoms with Gasteiger partial charge in [-0.25, -0.2) is 0 Å². The maximum atomic E-state index is 12.7. The van der Waals surface area contributed by atoms with E-state index in [1.807, 2.05) is 0 Å². The van der Waals surface area contributed by atoms with Gasteiger partial charge in [-0.05, 0) is 38.5 Å². The second-order valence-corrected chi connectivity index (χ2v) is 6.14. The van der Waals surface area contributed by atoms with E-state index in [2.05, 4.69) is 0 Å². The summed E-state index contributed by atoms with van der Waals surface area (Å²) < 4.78 is 38.2. The quantitative estimate of drug-likeness (QED) is 0.849. The molecule has 0 aromatic heterocycles. The Kier molecular flexibility index (Phi) is 4.49. The van der Waals surface area contributed by atoms with Crippen LogP contribution >= 0.6 is 0 Å². The van der Waals surface area contributed by atoms with Gasteiger partial charge in [0, 0.05) is 6.04 Å². The number of rotatable bonds is 5. The first-order valence-corrected chi connectivity index (χ1v) is 7.30. The van der Waals surface area contributed by atoms with Crippen molar-refractivity contribution in [2.24, 2.45) is 17.8 Å². The van der Waals surface area contributed by atoms with Crippen molar-refractivity contribution in [1.82, 2.24) is 4.90 Å². The van der Waals surface area contributed by atoms with Crippen molar-refractivity contribution in [3.63, 3.8) is 0 Å². The lowest BCUT2D eigenvalue weighted by Gasteiger charge is -2.33. The summed E-state index contributed by atoms with van der Waals surface area (Å²) >= 11 is 0. The van der Waals surface area contributed by atoms with Crippen LogP contribution < -0.4 is 0 Å². The largest absolute Gasteiger partial charge is 0.481 e. The number of amides is 1. The molecule has 0 saturated heterocycles. The van der Waals surface area contributed by atoms with E-state index in [0.717, 1.165) is 17.7 Å². The van der Waals surface area contributed by atoms with Gasteiger partial charge in [0.25, 0.3) is 0 Å². The minimum absolute atomic E-state index is 0.112. The molecule has 4 nitrogen and oxygen atoms in total. The normalized spacial score (nSPS) is 27.4. The Labute approximate surface area is 121 Å². The molecule has 2 aliphatic rings. The zero-order valence-electron chi connectivity index (χ0n) is 11.9. The van der Waals surface area contributed by atoms with Gasteiger partial charge >= 0.3 is 12.1 Å². The molecule has 1 N–H and O–H groups in total. The Morgan fingerprint density at radius 3 is 2.24 bits per heavy atom. The van der Waals surface area contributed by atoms with Crippen LogP contribution in [0.4, 0.5) is 13.2 Å². The first-order valence-electron chi connectivity index (χ1n) is 7.30. The van der Waals surface area contributed by atoms with Crippen LogP contribution in [0.15, 0.2) is 0 Å². The van der Waals surface area contributed by atoms with Gasteiger partial charge in [0.1, 0.15) is 6.54 Å². The molecule has 3 atom stereocenters. The molecule has 2 saturated carbocycles. The molecular weight excluding hydrogens is 287 g/mol. The molecular formula is C14H20F3NO3. The minimum atomic E-state index is -4.46. The third-order valence-corrected chi connectivity index (χ3v) is 4.58. The number of carbonyl (C=O) groups excluding carboxylic acids is 1. The average molecular weight is 307 g/mol. The third-order valence-electron chi connectivity index (χ3n) is 4.58. The van der Waals surface area contributed by atoms with Gasteiger partial charge in [0.2, 0.25) is 5.91 Å². The number of aliphatic carboxylic acids is 1. The van der Waals surface area contributed by atoms with Gasteiger partial charge in [0.05, 0.1) is 11.8 Å². The molecule has 0 bridgehead atoms. The number of hydrogen-bond donors (Lipinski definition) is 1. The number of carboxylic acids is 1. The molecule has 7 heteroatoms. The van der Waals surface area contributed by atoms with E-state index in [4.69, 9.17) is 5.11 Å². The fourth-order valence-corrected chi connectivity index (χ4v) is 3.21. The number of carbonyl (C=O) groups is 2. The Morgan fingerprint density at radius 1 is 1.19 bits per heavy atom. The van der Waals surface area contributed by atoms with Crippen LogP contribution in [0.3, 0.4) is 0 Å². The number of hydrogen-bond acceptors (Lipinski definition) is 2. The summed E-state index contributed by atoms with van der Waals surface area (Å²) in [5, 5.41) is 9.11. The average Bonchev–Trinajstić information content (AvgIpc) is 3.09. The highest BCUT2D eigenvalue weighted by Crippen LogP contribution is 2.39. The SMILES string of the molecule is CC(C1CC1)N(CC(F)(F)F)C(=O)C1CCCC1C(=O)O. The third kappa shape index (κ3) is 3.89. The smallest absolute Gasteiger partial charge is 0.406 e. The number of alkyl halides is 3. The Balaban J connectivity index is 2.14. The van der Waals surface area contributed by atoms with Crippen LogP contribution in [0.5, 0.6) is 0 Å². The van der Waals surface area contributed by atoms with Crippen LogP contribution in [-0.2, 0) is 9.59 Å². The maximum Gasteiger partial charge on any atom is 0.406 e. The number of nitrogens with zero attached hydrogens (tertiary/aromatic N) is 1. The molecule has 21 heavy (non-hydrogen) atoms. The van der Waals surface area contributed by atoms with Crippen LogP contribution in [-0.4, -0.2) is 40.6 Å². The van der Waals surface area contributed by atoms with Crippen molar-refractivity contribution in [3.8, 4) is 0 Å². The van der Waals surface area contributed by atoms with Gasteiger partial charge in [-0.2, -0.15) is 13.2 Å². The highest BCUT2D eigenvalue weighted by Gasteiger charge is 2.46. The van der Waals surface area contributed by atoms with E-state index < -0.39 is 42.5 Å². The fourth-order valence-electron chi connectivity index (χ4n) is 3.21. The van der Waals surface area contributed by atoms with Gasteiger partial charge < -0.3 is 10.0 Å².